The van der Waals surface area contributed by atoms with Crippen LogP contribution in [-0.2, 0) is 4.74 Å². The van der Waals surface area contributed by atoms with Gasteiger partial charge in [-0.2, -0.15) is 5.10 Å². The Hall–Kier alpha value is -1.88. The molecule has 0 aliphatic heterocycles. The van der Waals surface area contributed by atoms with Crippen molar-refractivity contribution in [2.24, 2.45) is 0 Å². The van der Waals surface area contributed by atoms with E-state index in [0.29, 0.717) is 17.3 Å². The van der Waals surface area contributed by atoms with E-state index in [4.69, 9.17) is 16.3 Å². The zero-order valence-corrected chi connectivity index (χ0v) is 11.5. The molecular formula is C13H14ClN3O2. The number of carbonyl (C=O) groups is 1. The first-order valence-electron chi connectivity index (χ1n) is 5.94. The van der Waals surface area contributed by atoms with Crippen molar-refractivity contribution in [1.82, 2.24) is 14.8 Å². The number of hydrogen-bond acceptors (Lipinski definition) is 4. The van der Waals surface area contributed by atoms with E-state index in [2.05, 4.69) is 10.1 Å². The number of nitrogens with zero attached hydrogens (tertiary/aromatic N) is 3. The van der Waals surface area contributed by atoms with Gasteiger partial charge in [-0.3, -0.25) is 4.68 Å². The molecule has 2 heterocycles. The molecule has 0 fully saturated rings. The molecule has 0 amide bonds. The van der Waals surface area contributed by atoms with Crippen molar-refractivity contribution < 1.29 is 9.53 Å². The fourth-order valence-corrected chi connectivity index (χ4v) is 1.77. The van der Waals surface area contributed by atoms with Crippen molar-refractivity contribution in [3.05, 3.63) is 47.0 Å². The van der Waals surface area contributed by atoms with Crippen molar-refractivity contribution in [2.45, 2.75) is 19.9 Å². The summed E-state index contributed by atoms with van der Waals surface area (Å²) in [4.78, 5) is 15.6. The Kier molecular flexibility index (Phi) is 4.16. The molecule has 1 atom stereocenters. The minimum absolute atomic E-state index is 0.0343. The molecule has 0 bridgehead atoms. The van der Waals surface area contributed by atoms with Gasteiger partial charge in [0.1, 0.15) is 5.15 Å². The van der Waals surface area contributed by atoms with Gasteiger partial charge in [0.05, 0.1) is 24.4 Å². The lowest BCUT2D eigenvalue weighted by atomic mass is 10.1. The summed E-state index contributed by atoms with van der Waals surface area (Å²) in [6.07, 6.45) is 4.85. The van der Waals surface area contributed by atoms with Crippen LogP contribution < -0.4 is 0 Å². The van der Waals surface area contributed by atoms with Crippen LogP contribution in [0.2, 0.25) is 5.15 Å². The minimum Gasteiger partial charge on any atom is -0.462 e. The van der Waals surface area contributed by atoms with E-state index in [-0.39, 0.29) is 12.0 Å². The molecule has 0 spiro atoms. The maximum atomic E-state index is 11.6. The molecule has 6 heteroatoms. The second kappa shape index (κ2) is 5.84. The fourth-order valence-electron chi connectivity index (χ4n) is 1.66. The Morgan fingerprint density at radius 2 is 2.26 bits per heavy atom. The van der Waals surface area contributed by atoms with Crippen LogP contribution in [-0.4, -0.2) is 27.3 Å². The van der Waals surface area contributed by atoms with Crippen molar-refractivity contribution in [1.29, 1.82) is 0 Å². The van der Waals surface area contributed by atoms with Crippen LogP contribution in [0.4, 0.5) is 0 Å². The minimum atomic E-state index is -0.366. The van der Waals surface area contributed by atoms with E-state index in [1.54, 1.807) is 30.1 Å². The lowest BCUT2D eigenvalue weighted by Gasteiger charge is -2.11. The lowest BCUT2D eigenvalue weighted by Crippen LogP contribution is -2.08. The van der Waals surface area contributed by atoms with Gasteiger partial charge in [0, 0.05) is 12.4 Å². The summed E-state index contributed by atoms with van der Waals surface area (Å²) in [5.41, 5.74) is 1.40. The summed E-state index contributed by atoms with van der Waals surface area (Å²) in [5.74, 6) is -0.366. The molecule has 0 saturated carbocycles. The van der Waals surface area contributed by atoms with Gasteiger partial charge in [0.25, 0.3) is 0 Å². The van der Waals surface area contributed by atoms with E-state index in [1.165, 1.54) is 6.20 Å². The summed E-state index contributed by atoms with van der Waals surface area (Å²) in [5, 5.41) is 4.62. The SMILES string of the molecule is CCOC(=O)c1cnn(C(C)c2ccc(Cl)nc2)c1. The van der Waals surface area contributed by atoms with E-state index in [0.717, 1.165) is 5.56 Å². The summed E-state index contributed by atoms with van der Waals surface area (Å²) < 4.78 is 6.61. The maximum absolute atomic E-state index is 11.6. The third-order valence-corrected chi connectivity index (χ3v) is 2.97. The van der Waals surface area contributed by atoms with Crippen molar-refractivity contribution in [3.8, 4) is 0 Å². The highest BCUT2D eigenvalue weighted by atomic mass is 35.5. The van der Waals surface area contributed by atoms with Crippen molar-refractivity contribution in [3.63, 3.8) is 0 Å². The van der Waals surface area contributed by atoms with Crippen LogP contribution in [0.5, 0.6) is 0 Å². The topological polar surface area (TPSA) is 57.0 Å². The standard InChI is InChI=1S/C13H14ClN3O2/c1-3-19-13(18)11-7-16-17(8-11)9(2)10-4-5-12(14)15-6-10/h4-9H,3H2,1-2H3. The molecule has 2 aromatic heterocycles. The zero-order chi connectivity index (χ0) is 13.8. The average molecular weight is 280 g/mol. The normalized spacial score (nSPS) is 12.2. The molecule has 0 radical (unpaired) electrons. The van der Waals surface area contributed by atoms with Crippen molar-refractivity contribution in [2.75, 3.05) is 6.61 Å². The predicted octanol–water partition coefficient (Wildman–Crippen LogP) is 2.72. The monoisotopic (exact) mass is 279 g/mol. The number of rotatable bonds is 4. The highest BCUT2D eigenvalue weighted by molar-refractivity contribution is 6.29. The molecule has 0 aliphatic carbocycles. The third kappa shape index (κ3) is 3.12. The first-order chi connectivity index (χ1) is 9.11. The van der Waals surface area contributed by atoms with E-state index in [1.807, 2.05) is 13.0 Å². The van der Waals surface area contributed by atoms with Crippen LogP contribution in [0.15, 0.2) is 30.7 Å². The molecule has 100 valence electrons. The molecule has 0 N–H and O–H groups in total. The molecule has 0 aliphatic rings. The van der Waals surface area contributed by atoms with E-state index in [9.17, 15) is 4.79 Å². The van der Waals surface area contributed by atoms with Crippen LogP contribution in [0, 0.1) is 0 Å². The third-order valence-electron chi connectivity index (χ3n) is 2.74. The Morgan fingerprint density at radius 3 is 2.89 bits per heavy atom. The van der Waals surface area contributed by atoms with E-state index >= 15 is 0 Å². The fraction of sp³-hybridized carbons (Fsp3) is 0.308. The van der Waals surface area contributed by atoms with Gasteiger partial charge in [-0.15, -0.1) is 0 Å². The number of carbonyl (C=O) groups excluding carboxylic acids is 1. The van der Waals surface area contributed by atoms with E-state index < -0.39 is 0 Å². The summed E-state index contributed by atoms with van der Waals surface area (Å²) in [6, 6.07) is 3.57. The van der Waals surface area contributed by atoms with Crippen molar-refractivity contribution >= 4 is 17.6 Å². The number of ether oxygens (including phenoxy) is 1. The molecule has 2 aromatic rings. The smallest absolute Gasteiger partial charge is 0.341 e. The van der Waals surface area contributed by atoms with Gasteiger partial charge < -0.3 is 4.74 Å². The van der Waals surface area contributed by atoms with Crippen LogP contribution in [0.1, 0.15) is 35.8 Å². The van der Waals surface area contributed by atoms with Gasteiger partial charge in [-0.05, 0) is 25.5 Å². The van der Waals surface area contributed by atoms with Crippen LogP contribution in [0.25, 0.3) is 0 Å². The lowest BCUT2D eigenvalue weighted by molar-refractivity contribution is 0.0526. The second-order valence-electron chi connectivity index (χ2n) is 4.02. The quantitative estimate of drug-likeness (QED) is 0.638. The number of aromatic nitrogens is 3. The maximum Gasteiger partial charge on any atom is 0.341 e. The van der Waals surface area contributed by atoms with Gasteiger partial charge in [0.15, 0.2) is 0 Å². The summed E-state index contributed by atoms with van der Waals surface area (Å²) >= 11 is 5.75. The first kappa shape index (κ1) is 13.5. The highest BCUT2D eigenvalue weighted by Gasteiger charge is 2.14. The summed E-state index contributed by atoms with van der Waals surface area (Å²) in [7, 11) is 0. The first-order valence-corrected chi connectivity index (χ1v) is 6.32. The molecule has 0 aromatic carbocycles. The Morgan fingerprint density at radius 1 is 1.47 bits per heavy atom. The number of esters is 1. The summed E-state index contributed by atoms with van der Waals surface area (Å²) in [6.45, 7) is 4.08. The Balaban J connectivity index is 2.18. The van der Waals surface area contributed by atoms with Gasteiger partial charge in [-0.1, -0.05) is 17.7 Å². The highest BCUT2D eigenvalue weighted by Crippen LogP contribution is 2.18. The number of pyridine rings is 1. The van der Waals surface area contributed by atoms with Crippen LogP contribution in [0.3, 0.4) is 0 Å². The predicted molar refractivity (Wildman–Crippen MR) is 71.2 cm³/mol. The van der Waals surface area contributed by atoms with Gasteiger partial charge in [0.2, 0.25) is 0 Å². The Labute approximate surface area is 116 Å². The van der Waals surface area contributed by atoms with Gasteiger partial charge in [-0.25, -0.2) is 9.78 Å². The largest absolute Gasteiger partial charge is 0.462 e. The van der Waals surface area contributed by atoms with Gasteiger partial charge >= 0.3 is 5.97 Å². The molecule has 1 unspecified atom stereocenters. The number of halogens is 1. The molecule has 5 nitrogen and oxygen atoms in total. The van der Waals surface area contributed by atoms with Crippen LogP contribution >= 0.6 is 11.6 Å². The molecular weight excluding hydrogens is 266 g/mol. The zero-order valence-electron chi connectivity index (χ0n) is 10.7. The molecule has 0 saturated heterocycles. The number of hydrogen-bond donors (Lipinski definition) is 0. The average Bonchev–Trinajstić information content (AvgIpc) is 2.89. The molecule has 2 rings (SSSR count). The Bertz CT molecular complexity index is 566. The second-order valence-corrected chi connectivity index (χ2v) is 4.41. The molecule has 19 heavy (non-hydrogen) atoms.